The number of hydrogen-bond donors (Lipinski definition) is 1. The Bertz CT molecular complexity index is 1830. The molecule has 1 aliphatic heterocycles. The molecule has 0 radical (unpaired) electrons. The molecular weight excluding hydrogens is 617 g/mol. The number of carbonyl (C=O) groups excluding carboxylic acids is 2. The number of amidine groups is 1. The first-order valence-corrected chi connectivity index (χ1v) is 15.3. The van der Waals surface area contributed by atoms with Crippen molar-refractivity contribution < 1.29 is 27.5 Å². The number of alkyl halides is 3. The topological polar surface area (TPSA) is 102 Å². The van der Waals surface area contributed by atoms with E-state index in [9.17, 15) is 22.8 Å². The summed E-state index contributed by atoms with van der Waals surface area (Å²) in [6.45, 7) is 9.79. The zero-order valence-corrected chi connectivity index (χ0v) is 26.5. The highest BCUT2D eigenvalue weighted by molar-refractivity contribution is 8.15. The molecule has 1 fully saturated rings. The summed E-state index contributed by atoms with van der Waals surface area (Å²) in [5.74, 6) is 0.352. The molecule has 13 heteroatoms. The SMILES string of the molecule is C/C(NC(=O)/N=C1\SCC(=O)N1c1cccc(C)c1C(C)C)=C(/C)c1ccc(-c2ncn(-c3ccc(OC(F)(F)F)cc3)n2)cc1. The molecule has 1 aromatic heterocycles. The number of halogens is 3. The third-order valence-corrected chi connectivity index (χ3v) is 8.27. The molecule has 1 aliphatic rings. The minimum atomic E-state index is -4.77. The average Bonchev–Trinajstić information content (AvgIpc) is 3.63. The molecule has 0 atom stereocenters. The lowest BCUT2D eigenvalue weighted by Crippen LogP contribution is -2.32. The molecule has 46 heavy (non-hydrogen) atoms. The molecule has 1 saturated heterocycles. The minimum Gasteiger partial charge on any atom is -0.406 e. The molecule has 0 bridgehead atoms. The molecule has 4 aromatic rings. The van der Waals surface area contributed by atoms with Crippen LogP contribution in [0.4, 0.5) is 23.7 Å². The van der Waals surface area contributed by atoms with E-state index < -0.39 is 12.4 Å². The highest BCUT2D eigenvalue weighted by Gasteiger charge is 2.33. The number of amides is 3. The van der Waals surface area contributed by atoms with Crippen LogP contribution >= 0.6 is 11.8 Å². The molecular formula is C33H31F3N6O3S. The van der Waals surface area contributed by atoms with Gasteiger partial charge in [-0.05, 0) is 79.3 Å². The van der Waals surface area contributed by atoms with E-state index >= 15 is 0 Å². The second-order valence-electron chi connectivity index (χ2n) is 10.9. The number of rotatable bonds is 7. The first-order chi connectivity index (χ1) is 21.8. The summed E-state index contributed by atoms with van der Waals surface area (Å²) in [5.41, 5.74) is 6.35. The van der Waals surface area contributed by atoms with E-state index in [1.165, 1.54) is 51.9 Å². The maximum absolute atomic E-state index is 13.0. The summed E-state index contributed by atoms with van der Waals surface area (Å²) >= 11 is 1.23. The van der Waals surface area contributed by atoms with Crippen molar-refractivity contribution in [3.8, 4) is 22.8 Å². The Balaban J connectivity index is 1.28. The van der Waals surface area contributed by atoms with Crippen LogP contribution in [0.15, 0.2) is 83.7 Å². The maximum atomic E-state index is 13.0. The number of aromatic nitrogens is 3. The van der Waals surface area contributed by atoms with Crippen molar-refractivity contribution in [3.05, 3.63) is 95.4 Å². The van der Waals surface area contributed by atoms with Crippen molar-refractivity contribution in [1.82, 2.24) is 20.1 Å². The van der Waals surface area contributed by atoms with Crippen LogP contribution in [-0.2, 0) is 4.79 Å². The number of allylic oxidation sites excluding steroid dienone is 2. The summed E-state index contributed by atoms with van der Waals surface area (Å²) in [5, 5.41) is 7.60. The number of urea groups is 1. The van der Waals surface area contributed by atoms with Crippen LogP contribution < -0.4 is 15.0 Å². The van der Waals surface area contributed by atoms with Crippen LogP contribution in [0.25, 0.3) is 22.6 Å². The van der Waals surface area contributed by atoms with Gasteiger partial charge in [0.05, 0.1) is 17.1 Å². The van der Waals surface area contributed by atoms with Gasteiger partial charge in [0.25, 0.3) is 0 Å². The van der Waals surface area contributed by atoms with E-state index in [0.29, 0.717) is 22.4 Å². The van der Waals surface area contributed by atoms with Gasteiger partial charge in [-0.3, -0.25) is 9.69 Å². The molecule has 2 heterocycles. The van der Waals surface area contributed by atoms with Crippen LogP contribution in [0.2, 0.25) is 0 Å². The first kappa shape index (κ1) is 32.5. The molecule has 0 spiro atoms. The summed E-state index contributed by atoms with van der Waals surface area (Å²) in [6, 6.07) is 17.9. The van der Waals surface area contributed by atoms with Gasteiger partial charge in [0.15, 0.2) is 11.0 Å². The normalized spacial score (nSPS) is 15.0. The Morgan fingerprint density at radius 3 is 2.39 bits per heavy atom. The number of thioether (sulfide) groups is 1. The third-order valence-electron chi connectivity index (χ3n) is 7.34. The fraction of sp³-hybridized carbons (Fsp3) is 0.242. The lowest BCUT2D eigenvalue weighted by Gasteiger charge is -2.23. The molecule has 1 N–H and O–H groups in total. The molecule has 3 amide bonds. The van der Waals surface area contributed by atoms with E-state index in [-0.39, 0.29) is 23.3 Å². The van der Waals surface area contributed by atoms with E-state index in [0.717, 1.165) is 33.5 Å². The average molecular weight is 649 g/mol. The number of aliphatic imine (C=N–C) groups is 1. The zero-order chi connectivity index (χ0) is 33.2. The number of ether oxygens (including phenoxy) is 1. The van der Waals surface area contributed by atoms with Gasteiger partial charge < -0.3 is 10.1 Å². The van der Waals surface area contributed by atoms with Crippen molar-refractivity contribution in [2.45, 2.75) is 46.9 Å². The van der Waals surface area contributed by atoms with Gasteiger partial charge in [0.2, 0.25) is 5.91 Å². The fourth-order valence-electron chi connectivity index (χ4n) is 5.07. The van der Waals surface area contributed by atoms with Crippen molar-refractivity contribution in [2.75, 3.05) is 10.7 Å². The van der Waals surface area contributed by atoms with Crippen molar-refractivity contribution in [2.24, 2.45) is 4.99 Å². The Labute approximate surface area is 268 Å². The van der Waals surface area contributed by atoms with Gasteiger partial charge in [-0.25, -0.2) is 14.5 Å². The number of carbonyl (C=O) groups is 2. The highest BCUT2D eigenvalue weighted by atomic mass is 32.2. The van der Waals surface area contributed by atoms with Crippen molar-refractivity contribution >= 4 is 40.1 Å². The highest BCUT2D eigenvalue weighted by Crippen LogP contribution is 2.35. The van der Waals surface area contributed by atoms with Crippen LogP contribution in [-0.4, -0.2) is 44.0 Å². The van der Waals surface area contributed by atoms with Crippen LogP contribution in [0, 0.1) is 6.92 Å². The Hall–Kier alpha value is -4.91. The number of nitrogens with zero attached hydrogens (tertiary/aromatic N) is 5. The molecule has 238 valence electrons. The Morgan fingerprint density at radius 1 is 1.04 bits per heavy atom. The predicted molar refractivity (Wildman–Crippen MR) is 173 cm³/mol. The smallest absolute Gasteiger partial charge is 0.406 e. The van der Waals surface area contributed by atoms with Gasteiger partial charge in [0.1, 0.15) is 12.1 Å². The Morgan fingerprint density at radius 2 is 1.74 bits per heavy atom. The molecule has 9 nitrogen and oxygen atoms in total. The zero-order valence-electron chi connectivity index (χ0n) is 25.7. The number of anilines is 1. The van der Waals surface area contributed by atoms with Gasteiger partial charge in [0, 0.05) is 11.3 Å². The largest absolute Gasteiger partial charge is 0.573 e. The lowest BCUT2D eigenvalue weighted by atomic mass is 9.95. The monoisotopic (exact) mass is 648 g/mol. The van der Waals surface area contributed by atoms with Crippen molar-refractivity contribution in [3.63, 3.8) is 0 Å². The quantitative estimate of drug-likeness (QED) is 0.219. The van der Waals surface area contributed by atoms with Crippen LogP contribution in [0.5, 0.6) is 5.75 Å². The predicted octanol–water partition coefficient (Wildman–Crippen LogP) is 7.86. The second kappa shape index (κ2) is 13.2. The second-order valence-corrected chi connectivity index (χ2v) is 11.8. The summed E-state index contributed by atoms with van der Waals surface area (Å²) < 4.78 is 42.7. The molecule has 0 unspecified atom stereocenters. The summed E-state index contributed by atoms with van der Waals surface area (Å²) in [6.07, 6.45) is -3.30. The summed E-state index contributed by atoms with van der Waals surface area (Å²) in [4.78, 5) is 36.0. The molecule has 0 aliphatic carbocycles. The summed E-state index contributed by atoms with van der Waals surface area (Å²) in [7, 11) is 0. The van der Waals surface area contributed by atoms with E-state index in [1.54, 1.807) is 6.92 Å². The number of nitrogens with one attached hydrogen (secondary N) is 1. The number of aryl methyl sites for hydroxylation is 1. The van der Waals surface area contributed by atoms with Gasteiger partial charge in [-0.2, -0.15) is 4.99 Å². The Kier molecular flexibility index (Phi) is 9.33. The van der Waals surface area contributed by atoms with Gasteiger partial charge >= 0.3 is 12.4 Å². The standard InChI is InChI=1S/C33H31F3N6O3S/c1-19(2)29-20(3)7-6-8-27(29)42-28(43)17-46-32(42)39-31(44)38-22(5)21(4)23-9-11-24(12-10-23)30-37-18-41(40-30)25-13-15-26(16-14-25)45-33(34,35)36/h6-16,18-19H,17H2,1-5H3,(H,38,44)/b22-21+,39-32-. The fourth-order valence-corrected chi connectivity index (χ4v) is 5.93. The lowest BCUT2D eigenvalue weighted by molar-refractivity contribution is -0.274. The molecule has 5 rings (SSSR count). The molecule has 3 aromatic carbocycles. The minimum absolute atomic E-state index is 0.125. The molecule has 0 saturated carbocycles. The van der Waals surface area contributed by atoms with Gasteiger partial charge in [-0.1, -0.05) is 62.0 Å². The number of hydrogen-bond acceptors (Lipinski definition) is 6. The third kappa shape index (κ3) is 7.31. The van der Waals surface area contributed by atoms with E-state index in [1.807, 2.05) is 56.3 Å². The van der Waals surface area contributed by atoms with Crippen molar-refractivity contribution in [1.29, 1.82) is 0 Å². The van der Waals surface area contributed by atoms with Crippen LogP contribution in [0.1, 0.15) is 50.3 Å². The first-order valence-electron chi connectivity index (χ1n) is 14.3. The number of benzene rings is 3. The van der Waals surface area contributed by atoms with Crippen LogP contribution in [0.3, 0.4) is 0 Å². The van der Waals surface area contributed by atoms with E-state index in [4.69, 9.17) is 0 Å². The maximum Gasteiger partial charge on any atom is 0.573 e. The van der Waals surface area contributed by atoms with Gasteiger partial charge in [-0.15, -0.1) is 18.3 Å². The van der Waals surface area contributed by atoms with E-state index in [2.05, 4.69) is 39.0 Å².